The van der Waals surface area contributed by atoms with E-state index in [1.54, 1.807) is 19.2 Å². The molecule has 2 amide bonds. The van der Waals surface area contributed by atoms with Crippen molar-refractivity contribution in [2.45, 2.75) is 26.4 Å². The van der Waals surface area contributed by atoms with Crippen molar-refractivity contribution >= 4 is 22.5 Å². The van der Waals surface area contributed by atoms with E-state index >= 15 is 0 Å². The summed E-state index contributed by atoms with van der Waals surface area (Å²) in [6.07, 6.45) is 1.42. The molecule has 0 radical (unpaired) electrons. The van der Waals surface area contributed by atoms with Crippen LogP contribution >= 0.6 is 11.3 Å². The van der Waals surface area contributed by atoms with Crippen LogP contribution in [0.15, 0.2) is 24.4 Å². The van der Waals surface area contributed by atoms with Gasteiger partial charge in [-0.15, -0.1) is 11.3 Å². The van der Waals surface area contributed by atoms with E-state index < -0.39 is 11.9 Å². The number of amides is 2. The molecule has 6 nitrogen and oxygen atoms in total. The first-order chi connectivity index (χ1) is 11.9. The minimum absolute atomic E-state index is 0.237. The molecular weight excluding hydrogens is 343 g/mol. The number of aliphatic hydroxyl groups excluding tert-OH is 1. The first kappa shape index (κ1) is 18.8. The summed E-state index contributed by atoms with van der Waals surface area (Å²) in [4.78, 5) is 18.6. The Morgan fingerprint density at radius 3 is 2.92 bits per heavy atom. The molecule has 1 heterocycles. The summed E-state index contributed by atoms with van der Waals surface area (Å²) in [5.41, 5.74) is 0.937. The SMILES string of the molecule is CCN(C[C@H](C)O)C(=O)Nc1ncc(Cc2cc(F)cc(C#N)c2)s1. The molecule has 1 aromatic carbocycles. The lowest BCUT2D eigenvalue weighted by Crippen LogP contribution is -2.39. The Kier molecular flexibility index (Phi) is 6.44. The second-order valence-electron chi connectivity index (χ2n) is 5.59. The number of urea groups is 1. The van der Waals surface area contributed by atoms with Gasteiger partial charge in [-0.2, -0.15) is 5.26 Å². The molecule has 2 rings (SSSR count). The van der Waals surface area contributed by atoms with Gasteiger partial charge >= 0.3 is 6.03 Å². The third-order valence-corrected chi connectivity index (χ3v) is 4.30. The largest absolute Gasteiger partial charge is 0.392 e. The summed E-state index contributed by atoms with van der Waals surface area (Å²) in [5, 5.41) is 21.4. The Labute approximate surface area is 149 Å². The van der Waals surface area contributed by atoms with Crippen LogP contribution in [0.3, 0.4) is 0 Å². The topological polar surface area (TPSA) is 89.2 Å². The quantitative estimate of drug-likeness (QED) is 0.827. The van der Waals surface area contributed by atoms with Gasteiger partial charge in [0.1, 0.15) is 5.82 Å². The van der Waals surface area contributed by atoms with Crippen LogP contribution in [0.2, 0.25) is 0 Å². The highest BCUT2D eigenvalue weighted by molar-refractivity contribution is 7.15. The second kappa shape index (κ2) is 8.55. The monoisotopic (exact) mass is 362 g/mol. The zero-order valence-corrected chi connectivity index (χ0v) is 14.8. The lowest BCUT2D eigenvalue weighted by molar-refractivity contribution is 0.141. The van der Waals surface area contributed by atoms with E-state index in [1.807, 2.05) is 13.0 Å². The number of thiazole rings is 1. The average Bonchev–Trinajstić information content (AvgIpc) is 2.98. The number of aromatic nitrogens is 1. The smallest absolute Gasteiger partial charge is 0.323 e. The van der Waals surface area contributed by atoms with Crippen LogP contribution in [-0.2, 0) is 6.42 Å². The van der Waals surface area contributed by atoms with Crippen molar-refractivity contribution in [1.82, 2.24) is 9.88 Å². The molecule has 0 aliphatic carbocycles. The number of anilines is 1. The van der Waals surface area contributed by atoms with Crippen molar-refractivity contribution in [3.8, 4) is 6.07 Å². The Balaban J connectivity index is 2.04. The van der Waals surface area contributed by atoms with E-state index in [-0.39, 0.29) is 18.1 Å². The molecule has 0 saturated carbocycles. The minimum atomic E-state index is -0.611. The fourth-order valence-electron chi connectivity index (χ4n) is 2.31. The molecule has 0 fully saturated rings. The maximum Gasteiger partial charge on any atom is 0.323 e. The second-order valence-corrected chi connectivity index (χ2v) is 6.70. The van der Waals surface area contributed by atoms with Crippen LogP contribution in [0, 0.1) is 17.1 Å². The van der Waals surface area contributed by atoms with Crippen LogP contribution in [0.5, 0.6) is 0 Å². The summed E-state index contributed by atoms with van der Waals surface area (Å²) in [5.74, 6) is -0.455. The Morgan fingerprint density at radius 2 is 2.28 bits per heavy atom. The molecule has 1 aromatic heterocycles. The molecule has 132 valence electrons. The number of carbonyl (C=O) groups is 1. The van der Waals surface area contributed by atoms with Gasteiger partial charge in [-0.3, -0.25) is 5.32 Å². The third-order valence-electron chi connectivity index (χ3n) is 3.39. The Hall–Kier alpha value is -2.50. The molecule has 25 heavy (non-hydrogen) atoms. The Morgan fingerprint density at radius 1 is 1.52 bits per heavy atom. The van der Waals surface area contributed by atoms with Crippen molar-refractivity contribution in [3.63, 3.8) is 0 Å². The highest BCUT2D eigenvalue weighted by Gasteiger charge is 2.15. The van der Waals surface area contributed by atoms with Gasteiger partial charge in [0, 0.05) is 30.6 Å². The van der Waals surface area contributed by atoms with E-state index in [1.165, 1.54) is 28.4 Å². The number of hydrogen-bond donors (Lipinski definition) is 2. The molecule has 0 aliphatic heterocycles. The van der Waals surface area contributed by atoms with Crippen LogP contribution in [0.25, 0.3) is 0 Å². The van der Waals surface area contributed by atoms with E-state index in [9.17, 15) is 14.3 Å². The predicted molar refractivity (Wildman–Crippen MR) is 94.0 cm³/mol. The van der Waals surface area contributed by atoms with Gasteiger partial charge in [0.2, 0.25) is 0 Å². The van der Waals surface area contributed by atoms with Gasteiger partial charge in [0.25, 0.3) is 0 Å². The van der Waals surface area contributed by atoms with Gasteiger partial charge in [0.05, 0.1) is 17.7 Å². The normalized spacial score (nSPS) is 11.6. The number of hydrogen-bond acceptors (Lipinski definition) is 5. The van der Waals surface area contributed by atoms with Crippen LogP contribution in [0.4, 0.5) is 14.3 Å². The van der Waals surface area contributed by atoms with Gasteiger partial charge in [0.15, 0.2) is 5.13 Å². The van der Waals surface area contributed by atoms with Crippen LogP contribution in [0.1, 0.15) is 29.9 Å². The zero-order chi connectivity index (χ0) is 18.4. The van der Waals surface area contributed by atoms with Crippen molar-refractivity contribution in [1.29, 1.82) is 5.26 Å². The fraction of sp³-hybridized carbons (Fsp3) is 0.353. The predicted octanol–water partition coefficient (Wildman–Crippen LogP) is 2.98. The van der Waals surface area contributed by atoms with E-state index in [2.05, 4.69) is 10.3 Å². The van der Waals surface area contributed by atoms with Crippen molar-refractivity contribution in [2.75, 3.05) is 18.4 Å². The third kappa shape index (κ3) is 5.52. The number of nitrogens with zero attached hydrogens (tertiary/aromatic N) is 3. The molecule has 2 N–H and O–H groups in total. The molecule has 8 heteroatoms. The van der Waals surface area contributed by atoms with Crippen molar-refractivity contribution in [3.05, 3.63) is 46.2 Å². The maximum atomic E-state index is 13.5. The molecule has 0 unspecified atom stereocenters. The first-order valence-electron chi connectivity index (χ1n) is 7.79. The van der Waals surface area contributed by atoms with Crippen molar-refractivity contribution in [2.24, 2.45) is 0 Å². The molecule has 2 aromatic rings. The van der Waals surface area contributed by atoms with Crippen LogP contribution in [-0.4, -0.2) is 40.2 Å². The molecular formula is C17H19FN4O2S. The standard InChI is InChI=1S/C17H19FN4O2S/c1-3-22(10-11(2)23)17(24)21-16-20-9-15(25-16)7-12-4-13(8-19)6-14(18)5-12/h4-6,9,11,23H,3,7,10H2,1-2H3,(H,20,21,24)/t11-/m0/s1. The number of rotatable bonds is 6. The number of aliphatic hydroxyl groups is 1. The van der Waals surface area contributed by atoms with Gasteiger partial charge < -0.3 is 10.0 Å². The first-order valence-corrected chi connectivity index (χ1v) is 8.61. The lowest BCUT2D eigenvalue weighted by Gasteiger charge is -2.21. The summed E-state index contributed by atoms with van der Waals surface area (Å²) in [7, 11) is 0. The zero-order valence-electron chi connectivity index (χ0n) is 14.0. The summed E-state index contributed by atoms with van der Waals surface area (Å²) >= 11 is 1.28. The highest BCUT2D eigenvalue weighted by Crippen LogP contribution is 2.22. The molecule has 0 saturated heterocycles. The number of halogens is 1. The number of nitrogens with one attached hydrogen (secondary N) is 1. The number of carbonyl (C=O) groups excluding carboxylic acids is 1. The summed E-state index contributed by atoms with van der Waals surface area (Å²) < 4.78 is 13.5. The summed E-state index contributed by atoms with van der Waals surface area (Å²) in [6, 6.07) is 5.78. The molecule has 1 atom stereocenters. The fourth-order valence-corrected chi connectivity index (χ4v) is 3.15. The Bertz CT molecular complexity index is 785. The highest BCUT2D eigenvalue weighted by atomic mass is 32.1. The van der Waals surface area contributed by atoms with Crippen molar-refractivity contribution < 1.29 is 14.3 Å². The van der Waals surface area contributed by atoms with Gasteiger partial charge in [-0.25, -0.2) is 14.2 Å². The maximum absolute atomic E-state index is 13.5. The minimum Gasteiger partial charge on any atom is -0.392 e. The molecule has 0 bridgehead atoms. The summed E-state index contributed by atoms with van der Waals surface area (Å²) in [6.45, 7) is 4.15. The van der Waals surface area contributed by atoms with E-state index in [4.69, 9.17) is 5.26 Å². The number of nitriles is 1. The van der Waals surface area contributed by atoms with Crippen LogP contribution < -0.4 is 5.32 Å². The molecule has 0 aliphatic rings. The number of likely N-dealkylation sites (N-methyl/N-ethyl adjacent to an activating group) is 1. The van der Waals surface area contributed by atoms with E-state index in [0.717, 1.165) is 4.88 Å². The van der Waals surface area contributed by atoms with E-state index in [0.29, 0.717) is 23.7 Å². The average molecular weight is 362 g/mol. The lowest BCUT2D eigenvalue weighted by atomic mass is 10.1. The van der Waals surface area contributed by atoms with Gasteiger partial charge in [-0.1, -0.05) is 0 Å². The molecule has 0 spiro atoms. The number of benzene rings is 1. The van der Waals surface area contributed by atoms with Gasteiger partial charge in [-0.05, 0) is 37.6 Å².